The number of nitrogens with zero attached hydrogens (tertiary/aromatic N) is 2. The minimum Gasteiger partial charge on any atom is -0.374 e. The number of carbonyl (C=O) groups is 1. The van der Waals surface area contributed by atoms with Gasteiger partial charge < -0.3 is 10.1 Å². The maximum absolute atomic E-state index is 14.3. The summed E-state index contributed by atoms with van der Waals surface area (Å²) in [6, 6.07) is 8.24. The van der Waals surface area contributed by atoms with Crippen LogP contribution >= 0.6 is 0 Å². The molecule has 226 valence electrons. The number of rotatable bonds is 7. The number of alkyl halides is 3. The Labute approximate surface area is 242 Å². The Hall–Kier alpha value is -3.02. The molecule has 1 aromatic carbocycles. The minimum atomic E-state index is -4.98. The van der Waals surface area contributed by atoms with Crippen molar-refractivity contribution in [1.29, 1.82) is 5.26 Å². The fraction of sp³-hybridized carbons (Fsp3) is 0.536. The van der Waals surface area contributed by atoms with E-state index in [1.807, 2.05) is 6.07 Å². The molecule has 14 heteroatoms. The van der Waals surface area contributed by atoms with Gasteiger partial charge >= 0.3 is 6.18 Å². The summed E-state index contributed by atoms with van der Waals surface area (Å²) in [5.41, 5.74) is -1.14. The van der Waals surface area contributed by atoms with Gasteiger partial charge in [0.25, 0.3) is 0 Å². The van der Waals surface area contributed by atoms with Gasteiger partial charge in [-0.15, -0.1) is 0 Å². The third-order valence-electron chi connectivity index (χ3n) is 8.25. The molecule has 0 spiro atoms. The lowest BCUT2D eigenvalue weighted by Gasteiger charge is -2.28. The Bertz CT molecular complexity index is 1640. The normalized spacial score (nSPS) is 25.5. The summed E-state index contributed by atoms with van der Waals surface area (Å²) in [5.74, 6) is -1.86. The largest absolute Gasteiger partial charge is 0.417 e. The van der Waals surface area contributed by atoms with Gasteiger partial charge in [-0.1, -0.05) is 6.07 Å². The number of sulfone groups is 2. The van der Waals surface area contributed by atoms with Crippen LogP contribution in [0.3, 0.4) is 0 Å². The molecule has 3 aliphatic rings. The second-order valence-electron chi connectivity index (χ2n) is 11.3. The SMILES string of the molecule is Cc1cc(-c2ccc(S(=O)(=O)[C@@H]3C[C@H](OC4CCS(=O)(=O)CC4)[C@@H](C(=O)NC4(C#N)CC4)C3)c(C(F)(F)F)c2)ccn1. The first-order valence-corrected chi connectivity index (χ1v) is 17.0. The fourth-order valence-electron chi connectivity index (χ4n) is 5.69. The highest BCUT2D eigenvalue weighted by atomic mass is 32.2. The fourth-order valence-corrected chi connectivity index (χ4v) is 9.14. The standard InChI is InChI=1S/C28H30F3N3O6S2/c1-17-12-19(4-9-33-17)18-2-3-25(23(13-18)28(29,30)31)42(38,39)21-14-22(26(35)34-27(16-32)7-8-27)24(15-21)40-20-5-10-41(36,37)11-6-20/h2-4,9,12-13,20-22,24H,5-8,10-11,14-15H2,1H3,(H,34,35)/t21-,22-,24-/m0/s1. The zero-order valence-electron chi connectivity index (χ0n) is 22.7. The van der Waals surface area contributed by atoms with Crippen molar-refractivity contribution in [2.24, 2.45) is 5.92 Å². The summed E-state index contributed by atoms with van der Waals surface area (Å²) in [7, 11) is -7.82. The van der Waals surface area contributed by atoms with Gasteiger partial charge in [0.05, 0.1) is 51.4 Å². The van der Waals surface area contributed by atoms with Gasteiger partial charge in [-0.05, 0) is 80.8 Å². The highest BCUT2D eigenvalue weighted by Gasteiger charge is 2.52. The van der Waals surface area contributed by atoms with Gasteiger partial charge in [0.1, 0.15) is 5.54 Å². The van der Waals surface area contributed by atoms with E-state index in [-0.39, 0.29) is 42.8 Å². The van der Waals surface area contributed by atoms with Gasteiger partial charge in [-0.3, -0.25) is 9.78 Å². The van der Waals surface area contributed by atoms with Crippen molar-refractivity contribution >= 4 is 25.6 Å². The maximum Gasteiger partial charge on any atom is 0.417 e. The predicted molar refractivity (Wildman–Crippen MR) is 145 cm³/mol. The first kappa shape index (κ1) is 30.4. The number of carbonyl (C=O) groups excluding carboxylic acids is 1. The average molecular weight is 626 g/mol. The molecule has 3 atom stereocenters. The molecule has 2 aromatic rings. The zero-order valence-corrected chi connectivity index (χ0v) is 24.4. The van der Waals surface area contributed by atoms with Gasteiger partial charge in [0, 0.05) is 11.9 Å². The van der Waals surface area contributed by atoms with Crippen LogP contribution in [0.4, 0.5) is 13.2 Å². The van der Waals surface area contributed by atoms with Crippen LogP contribution in [0.2, 0.25) is 0 Å². The lowest BCUT2D eigenvalue weighted by Crippen LogP contribution is -2.43. The van der Waals surface area contributed by atoms with E-state index in [0.717, 1.165) is 12.1 Å². The van der Waals surface area contributed by atoms with E-state index in [9.17, 15) is 40.1 Å². The molecule has 3 fully saturated rings. The number of aromatic nitrogens is 1. The lowest BCUT2D eigenvalue weighted by molar-refractivity contribution is -0.139. The molecule has 1 N–H and O–H groups in total. The number of amides is 1. The Morgan fingerprint density at radius 3 is 2.38 bits per heavy atom. The average Bonchev–Trinajstić information content (AvgIpc) is 3.56. The van der Waals surface area contributed by atoms with E-state index < -0.39 is 71.1 Å². The number of hydrogen-bond acceptors (Lipinski definition) is 8. The highest BCUT2D eigenvalue weighted by Crippen LogP contribution is 2.43. The topological polar surface area (TPSA) is 143 Å². The molecule has 1 saturated heterocycles. The molecule has 2 heterocycles. The molecular weight excluding hydrogens is 595 g/mol. The van der Waals surface area contributed by atoms with E-state index in [1.54, 1.807) is 13.0 Å². The number of pyridine rings is 1. The molecule has 42 heavy (non-hydrogen) atoms. The van der Waals surface area contributed by atoms with Crippen LogP contribution in [0.15, 0.2) is 41.4 Å². The molecule has 0 unspecified atom stereocenters. The first-order valence-electron chi connectivity index (χ1n) is 13.6. The first-order chi connectivity index (χ1) is 19.6. The van der Waals surface area contributed by atoms with Crippen LogP contribution in [0.1, 0.15) is 49.8 Å². The van der Waals surface area contributed by atoms with Gasteiger partial charge in [0.15, 0.2) is 19.7 Å². The van der Waals surface area contributed by atoms with Crippen molar-refractivity contribution in [2.45, 2.75) is 79.5 Å². The Kier molecular flexibility index (Phi) is 7.91. The summed E-state index contributed by atoms with van der Waals surface area (Å²) in [5, 5.41) is 10.7. The van der Waals surface area contributed by atoms with Crippen molar-refractivity contribution in [1.82, 2.24) is 10.3 Å². The molecule has 1 aromatic heterocycles. The highest BCUT2D eigenvalue weighted by molar-refractivity contribution is 7.92. The van der Waals surface area contributed by atoms with Crippen LogP contribution < -0.4 is 5.32 Å². The summed E-state index contributed by atoms with van der Waals surface area (Å²) >= 11 is 0. The second-order valence-corrected chi connectivity index (χ2v) is 15.8. The Morgan fingerprint density at radius 2 is 1.79 bits per heavy atom. The maximum atomic E-state index is 14.3. The number of nitrogens with one attached hydrogen (secondary N) is 1. The molecule has 5 rings (SSSR count). The lowest BCUT2D eigenvalue weighted by atomic mass is 10.0. The third kappa shape index (κ3) is 6.33. The van der Waals surface area contributed by atoms with Crippen LogP contribution in [0.5, 0.6) is 0 Å². The van der Waals surface area contributed by atoms with Crippen molar-refractivity contribution in [3.8, 4) is 17.2 Å². The number of halogens is 3. The van der Waals surface area contributed by atoms with E-state index in [4.69, 9.17) is 4.74 Å². The van der Waals surface area contributed by atoms with Crippen LogP contribution in [0, 0.1) is 24.2 Å². The molecule has 9 nitrogen and oxygen atoms in total. The van der Waals surface area contributed by atoms with Crippen LogP contribution in [-0.2, 0) is 35.4 Å². The van der Waals surface area contributed by atoms with Crippen LogP contribution in [0.25, 0.3) is 11.1 Å². The number of ether oxygens (including phenoxy) is 1. The quantitative estimate of drug-likeness (QED) is 0.490. The molecule has 2 aliphatic carbocycles. The number of hydrogen-bond donors (Lipinski definition) is 1. The van der Waals surface area contributed by atoms with E-state index >= 15 is 0 Å². The molecule has 2 saturated carbocycles. The van der Waals surface area contributed by atoms with E-state index in [2.05, 4.69) is 10.3 Å². The smallest absolute Gasteiger partial charge is 0.374 e. The van der Waals surface area contributed by atoms with Crippen molar-refractivity contribution in [2.75, 3.05) is 11.5 Å². The molecular formula is C28H30F3N3O6S2. The summed E-state index contributed by atoms with van der Waals surface area (Å²) < 4.78 is 100. The third-order valence-corrected chi connectivity index (χ3v) is 12.2. The van der Waals surface area contributed by atoms with Gasteiger partial charge in [-0.25, -0.2) is 16.8 Å². The zero-order chi connectivity index (χ0) is 30.5. The molecule has 1 aliphatic heterocycles. The van der Waals surface area contributed by atoms with E-state index in [1.165, 1.54) is 18.3 Å². The van der Waals surface area contributed by atoms with Crippen LogP contribution in [-0.4, -0.2) is 62.2 Å². The Balaban J connectivity index is 1.46. The second kappa shape index (κ2) is 10.9. The summed E-state index contributed by atoms with van der Waals surface area (Å²) in [6.07, 6.45) is -4.38. The summed E-state index contributed by atoms with van der Waals surface area (Å²) in [4.78, 5) is 16.4. The molecule has 0 bridgehead atoms. The monoisotopic (exact) mass is 625 g/mol. The van der Waals surface area contributed by atoms with Crippen molar-refractivity contribution in [3.05, 3.63) is 47.8 Å². The summed E-state index contributed by atoms with van der Waals surface area (Å²) in [6.45, 7) is 1.69. The number of aryl methyl sites for hydroxylation is 1. The predicted octanol–water partition coefficient (Wildman–Crippen LogP) is 3.76. The van der Waals surface area contributed by atoms with Crippen molar-refractivity contribution in [3.63, 3.8) is 0 Å². The van der Waals surface area contributed by atoms with Gasteiger partial charge in [-0.2, -0.15) is 18.4 Å². The number of benzene rings is 1. The van der Waals surface area contributed by atoms with Crippen molar-refractivity contribution < 1.29 is 39.5 Å². The molecule has 0 radical (unpaired) electrons. The Morgan fingerprint density at radius 1 is 1.12 bits per heavy atom. The van der Waals surface area contributed by atoms with Gasteiger partial charge in [0.2, 0.25) is 5.91 Å². The minimum absolute atomic E-state index is 0.112. The molecule has 1 amide bonds. The van der Waals surface area contributed by atoms with E-state index in [0.29, 0.717) is 24.1 Å². The number of nitriles is 1.